The van der Waals surface area contributed by atoms with E-state index in [0.717, 1.165) is 29.0 Å². The van der Waals surface area contributed by atoms with Gasteiger partial charge in [-0.25, -0.2) is 4.98 Å². The molecule has 0 bridgehead atoms. The largest absolute Gasteiger partial charge is 0.396 e. The molecular weight excluding hydrogens is 272 g/mol. The van der Waals surface area contributed by atoms with E-state index in [0.29, 0.717) is 11.4 Å². The molecule has 3 aromatic rings. The third-order valence-corrected chi connectivity index (χ3v) is 3.52. The maximum atomic E-state index is 9.09. The zero-order chi connectivity index (χ0) is 13.9. The highest BCUT2D eigenvalue weighted by atomic mass is 35.5. The molecular formula is C16H15ClN2O. The van der Waals surface area contributed by atoms with E-state index >= 15 is 0 Å². The van der Waals surface area contributed by atoms with E-state index in [1.165, 1.54) is 0 Å². The van der Waals surface area contributed by atoms with Gasteiger partial charge >= 0.3 is 0 Å². The summed E-state index contributed by atoms with van der Waals surface area (Å²) in [5.41, 5.74) is 2.99. The van der Waals surface area contributed by atoms with Crippen molar-refractivity contribution in [2.45, 2.75) is 13.0 Å². The van der Waals surface area contributed by atoms with Crippen molar-refractivity contribution in [2.75, 3.05) is 6.61 Å². The summed E-state index contributed by atoms with van der Waals surface area (Å²) in [4.78, 5) is 4.70. The zero-order valence-electron chi connectivity index (χ0n) is 11.0. The Morgan fingerprint density at radius 1 is 1.10 bits per heavy atom. The van der Waals surface area contributed by atoms with Crippen LogP contribution in [-0.4, -0.2) is 21.3 Å². The number of benzene rings is 2. The number of rotatable bonds is 4. The number of hydrogen-bond donors (Lipinski definition) is 1. The lowest BCUT2D eigenvalue weighted by Gasteiger charge is -2.08. The summed E-state index contributed by atoms with van der Waals surface area (Å²) < 4.78 is 2.12. The van der Waals surface area contributed by atoms with E-state index in [1.54, 1.807) is 0 Å². The molecule has 1 N–H and O–H groups in total. The molecule has 0 atom stereocenters. The van der Waals surface area contributed by atoms with Crippen molar-refractivity contribution >= 4 is 22.6 Å². The Morgan fingerprint density at radius 3 is 2.65 bits per heavy atom. The van der Waals surface area contributed by atoms with Crippen LogP contribution in [0.4, 0.5) is 0 Å². The maximum absolute atomic E-state index is 9.09. The van der Waals surface area contributed by atoms with Crippen LogP contribution in [-0.2, 0) is 6.54 Å². The van der Waals surface area contributed by atoms with Crippen molar-refractivity contribution in [1.29, 1.82) is 0 Å². The summed E-state index contributed by atoms with van der Waals surface area (Å²) in [6, 6.07) is 15.8. The van der Waals surface area contributed by atoms with Crippen LogP contribution in [0.5, 0.6) is 0 Å². The first-order valence-electron chi connectivity index (χ1n) is 6.61. The Hall–Kier alpha value is -1.84. The molecule has 0 radical (unpaired) electrons. The predicted octanol–water partition coefficient (Wildman–Crippen LogP) is 3.74. The van der Waals surface area contributed by atoms with Crippen LogP contribution in [0.1, 0.15) is 6.42 Å². The van der Waals surface area contributed by atoms with Crippen molar-refractivity contribution in [1.82, 2.24) is 9.55 Å². The SMILES string of the molecule is OCCCn1c(-c2ccccc2)nc2ccc(Cl)cc21. The summed E-state index contributed by atoms with van der Waals surface area (Å²) in [6.45, 7) is 0.881. The van der Waals surface area contributed by atoms with Crippen molar-refractivity contribution in [3.8, 4) is 11.4 Å². The quantitative estimate of drug-likeness (QED) is 0.793. The van der Waals surface area contributed by atoms with Crippen LogP contribution < -0.4 is 0 Å². The smallest absolute Gasteiger partial charge is 0.141 e. The standard InChI is InChI=1S/C16H15ClN2O/c17-13-7-8-14-15(11-13)19(9-4-10-20)16(18-14)12-5-2-1-3-6-12/h1-3,5-8,11,20H,4,9-10H2. The Balaban J connectivity index is 2.19. The average molecular weight is 287 g/mol. The molecule has 0 amide bonds. The van der Waals surface area contributed by atoms with Crippen LogP contribution in [0.15, 0.2) is 48.5 Å². The monoisotopic (exact) mass is 286 g/mol. The molecule has 3 nitrogen and oxygen atoms in total. The number of nitrogens with zero attached hydrogens (tertiary/aromatic N) is 2. The Morgan fingerprint density at radius 2 is 1.90 bits per heavy atom. The summed E-state index contributed by atoms with van der Waals surface area (Å²) in [5.74, 6) is 0.913. The molecule has 0 spiro atoms. The second-order valence-corrected chi connectivity index (χ2v) is 5.10. The first-order valence-corrected chi connectivity index (χ1v) is 6.99. The van der Waals surface area contributed by atoms with E-state index in [4.69, 9.17) is 21.7 Å². The predicted molar refractivity (Wildman–Crippen MR) is 81.9 cm³/mol. The van der Waals surface area contributed by atoms with Gasteiger partial charge in [0.15, 0.2) is 0 Å². The van der Waals surface area contributed by atoms with Gasteiger partial charge in [-0.15, -0.1) is 0 Å². The van der Waals surface area contributed by atoms with Crippen LogP contribution in [0.3, 0.4) is 0 Å². The number of halogens is 1. The molecule has 0 aliphatic heterocycles. The third-order valence-electron chi connectivity index (χ3n) is 3.28. The van der Waals surface area contributed by atoms with Gasteiger partial charge in [-0.1, -0.05) is 41.9 Å². The first kappa shape index (κ1) is 13.2. The Bertz CT molecular complexity index is 722. The molecule has 0 saturated heterocycles. The molecule has 0 aliphatic carbocycles. The van der Waals surface area contributed by atoms with Crippen LogP contribution >= 0.6 is 11.6 Å². The highest BCUT2D eigenvalue weighted by Gasteiger charge is 2.12. The van der Waals surface area contributed by atoms with Crippen molar-refractivity contribution in [2.24, 2.45) is 0 Å². The molecule has 102 valence electrons. The van der Waals surface area contributed by atoms with E-state index < -0.39 is 0 Å². The molecule has 0 saturated carbocycles. The second kappa shape index (κ2) is 5.65. The molecule has 0 aliphatic rings. The van der Waals surface area contributed by atoms with E-state index in [2.05, 4.69) is 4.57 Å². The number of aromatic nitrogens is 2. The molecule has 0 fully saturated rings. The molecule has 1 aromatic heterocycles. The number of fused-ring (bicyclic) bond motifs is 1. The van der Waals surface area contributed by atoms with Gasteiger partial charge in [-0.3, -0.25) is 0 Å². The number of aliphatic hydroxyl groups excluding tert-OH is 1. The van der Waals surface area contributed by atoms with Gasteiger partial charge in [0.05, 0.1) is 11.0 Å². The molecule has 2 aromatic carbocycles. The minimum atomic E-state index is 0.161. The van der Waals surface area contributed by atoms with Gasteiger partial charge in [0, 0.05) is 23.7 Å². The lowest BCUT2D eigenvalue weighted by molar-refractivity contribution is 0.281. The average Bonchev–Trinajstić information content (AvgIpc) is 2.84. The number of hydrogen-bond acceptors (Lipinski definition) is 2. The summed E-state index contributed by atoms with van der Waals surface area (Å²) in [5, 5.41) is 9.79. The fourth-order valence-corrected chi connectivity index (χ4v) is 2.52. The van der Waals surface area contributed by atoms with Gasteiger partial charge in [-0.2, -0.15) is 0 Å². The second-order valence-electron chi connectivity index (χ2n) is 4.66. The minimum Gasteiger partial charge on any atom is -0.396 e. The van der Waals surface area contributed by atoms with Gasteiger partial charge in [-0.05, 0) is 24.6 Å². The molecule has 4 heteroatoms. The van der Waals surface area contributed by atoms with E-state index in [1.807, 2.05) is 48.5 Å². The van der Waals surface area contributed by atoms with Crippen LogP contribution in [0, 0.1) is 0 Å². The molecule has 20 heavy (non-hydrogen) atoms. The van der Waals surface area contributed by atoms with E-state index in [-0.39, 0.29) is 6.61 Å². The van der Waals surface area contributed by atoms with E-state index in [9.17, 15) is 0 Å². The lowest BCUT2D eigenvalue weighted by atomic mass is 10.2. The zero-order valence-corrected chi connectivity index (χ0v) is 11.7. The third kappa shape index (κ3) is 2.42. The van der Waals surface area contributed by atoms with Gasteiger partial charge in [0.25, 0.3) is 0 Å². The summed E-state index contributed by atoms with van der Waals surface area (Å²) in [7, 11) is 0. The number of imidazole rings is 1. The van der Waals surface area contributed by atoms with Gasteiger partial charge in [0.2, 0.25) is 0 Å². The molecule has 1 heterocycles. The normalized spacial score (nSPS) is 11.1. The fourth-order valence-electron chi connectivity index (χ4n) is 2.36. The summed E-state index contributed by atoms with van der Waals surface area (Å²) >= 11 is 6.09. The van der Waals surface area contributed by atoms with Crippen molar-refractivity contribution in [3.63, 3.8) is 0 Å². The number of aliphatic hydroxyl groups is 1. The highest BCUT2D eigenvalue weighted by Crippen LogP contribution is 2.27. The summed E-state index contributed by atoms with van der Waals surface area (Å²) in [6.07, 6.45) is 0.692. The Kier molecular flexibility index (Phi) is 3.72. The van der Waals surface area contributed by atoms with Gasteiger partial charge < -0.3 is 9.67 Å². The van der Waals surface area contributed by atoms with Crippen molar-refractivity contribution < 1.29 is 5.11 Å². The topological polar surface area (TPSA) is 38.0 Å². The minimum absolute atomic E-state index is 0.161. The van der Waals surface area contributed by atoms with Gasteiger partial charge in [0.1, 0.15) is 5.82 Å². The first-order chi connectivity index (χ1) is 9.79. The highest BCUT2D eigenvalue weighted by molar-refractivity contribution is 6.31. The van der Waals surface area contributed by atoms with Crippen LogP contribution in [0.25, 0.3) is 22.4 Å². The lowest BCUT2D eigenvalue weighted by Crippen LogP contribution is -2.02. The molecule has 3 rings (SSSR count). The van der Waals surface area contributed by atoms with Crippen LogP contribution in [0.2, 0.25) is 5.02 Å². The fraction of sp³-hybridized carbons (Fsp3) is 0.188. The van der Waals surface area contributed by atoms with Crippen molar-refractivity contribution in [3.05, 3.63) is 53.6 Å². The maximum Gasteiger partial charge on any atom is 0.141 e. The number of aryl methyl sites for hydroxylation is 1. The molecule has 0 unspecified atom stereocenters. The Labute approximate surface area is 122 Å².